The topological polar surface area (TPSA) is 29.5 Å². The van der Waals surface area contributed by atoms with Gasteiger partial charge in [-0.1, -0.05) is 0 Å². The molecule has 0 aromatic carbocycles. The van der Waals surface area contributed by atoms with Gasteiger partial charge in [0.05, 0.1) is 0 Å². The summed E-state index contributed by atoms with van der Waals surface area (Å²) in [4.78, 5) is 0. The van der Waals surface area contributed by atoms with Gasteiger partial charge >= 0.3 is 0 Å². The molecule has 0 fully saturated rings. The van der Waals surface area contributed by atoms with Gasteiger partial charge in [0.1, 0.15) is 0 Å². The number of aliphatic hydroxyl groups is 1. The van der Waals surface area contributed by atoms with Gasteiger partial charge in [0.25, 0.3) is 0 Å². The van der Waals surface area contributed by atoms with Gasteiger partial charge < -0.3 is 9.53 Å². The Bertz CT molecular complexity index is 63.4. The van der Waals surface area contributed by atoms with Crippen molar-refractivity contribution in [2.75, 3.05) is 13.7 Å². The van der Waals surface area contributed by atoms with Gasteiger partial charge in [-0.15, -0.1) is 0 Å². The summed E-state index contributed by atoms with van der Waals surface area (Å²) < 4.78 is 5.16. The highest BCUT2D eigenvalue weighted by atomic mass is 28.4. The molecule has 8 heavy (non-hydrogen) atoms. The van der Waals surface area contributed by atoms with Gasteiger partial charge in [-0.05, 0) is 19.1 Å². The largest absolute Gasteiger partial charge is 0.420 e. The van der Waals surface area contributed by atoms with Crippen molar-refractivity contribution in [1.29, 1.82) is 0 Å². The van der Waals surface area contributed by atoms with E-state index in [0.29, 0.717) is 0 Å². The maximum Gasteiger partial charge on any atom is 0.188 e. The molecule has 0 bridgehead atoms. The molecule has 0 amide bonds. The molecule has 0 aliphatic carbocycles. The maximum absolute atomic E-state index is 8.49. The van der Waals surface area contributed by atoms with Crippen LogP contribution in [0.15, 0.2) is 0 Å². The second-order valence-corrected chi connectivity index (χ2v) is 6.87. The fraction of sp³-hybridized carbons (Fsp3) is 1.00. The lowest BCUT2D eigenvalue weighted by atomic mass is 10.9. The first kappa shape index (κ1) is 8.14. The third-order valence-electron chi connectivity index (χ3n) is 1.27. The average Bonchev–Trinajstić information content (AvgIpc) is 1.67. The molecule has 0 aromatic heterocycles. The van der Waals surface area contributed by atoms with Gasteiger partial charge in [0, 0.05) is 13.7 Å². The third kappa shape index (κ3) is 3.18. The fourth-order valence-corrected chi connectivity index (χ4v) is 1.11. The Morgan fingerprint density at radius 3 is 2.12 bits per heavy atom. The SMILES string of the molecule is CO[Si](C)(C)CCO. The number of hydrogen-bond acceptors (Lipinski definition) is 2. The normalized spacial score (nSPS) is 12.0. The van der Waals surface area contributed by atoms with E-state index >= 15 is 0 Å². The molecular formula is C5H14O2Si. The Labute approximate surface area is 51.6 Å². The third-order valence-corrected chi connectivity index (χ3v) is 3.80. The number of aliphatic hydroxyl groups excluding tert-OH is 1. The minimum absolute atomic E-state index is 0.257. The summed E-state index contributed by atoms with van der Waals surface area (Å²) in [5.74, 6) is 0. The second-order valence-electron chi connectivity index (χ2n) is 2.44. The molecular weight excluding hydrogens is 120 g/mol. The second kappa shape index (κ2) is 3.22. The van der Waals surface area contributed by atoms with Crippen molar-refractivity contribution >= 4 is 8.32 Å². The summed E-state index contributed by atoms with van der Waals surface area (Å²) in [7, 11) is 0.283. The van der Waals surface area contributed by atoms with E-state index in [2.05, 4.69) is 13.1 Å². The molecule has 0 aliphatic rings. The lowest BCUT2D eigenvalue weighted by molar-refractivity contribution is 0.303. The van der Waals surface area contributed by atoms with E-state index in [1.165, 1.54) is 0 Å². The average molecular weight is 134 g/mol. The van der Waals surface area contributed by atoms with Crippen LogP contribution in [0.4, 0.5) is 0 Å². The standard InChI is InChI=1S/C5H14O2Si/c1-7-8(2,3)5-4-6/h6H,4-5H2,1-3H3. The molecule has 50 valence electrons. The van der Waals surface area contributed by atoms with Crippen molar-refractivity contribution in [3.63, 3.8) is 0 Å². The monoisotopic (exact) mass is 134 g/mol. The maximum atomic E-state index is 8.49. The van der Waals surface area contributed by atoms with Crippen LogP contribution < -0.4 is 0 Å². The Kier molecular flexibility index (Phi) is 3.27. The highest BCUT2D eigenvalue weighted by Gasteiger charge is 2.18. The summed E-state index contributed by atoms with van der Waals surface area (Å²) in [6, 6.07) is 0.837. The van der Waals surface area contributed by atoms with Gasteiger partial charge in [-0.2, -0.15) is 0 Å². The quantitative estimate of drug-likeness (QED) is 0.579. The van der Waals surface area contributed by atoms with Crippen molar-refractivity contribution in [3.8, 4) is 0 Å². The summed E-state index contributed by atoms with van der Waals surface area (Å²) in [6.45, 7) is 4.43. The molecule has 0 unspecified atom stereocenters. The predicted molar refractivity (Wildman–Crippen MR) is 36.4 cm³/mol. The van der Waals surface area contributed by atoms with Crippen molar-refractivity contribution in [3.05, 3.63) is 0 Å². The van der Waals surface area contributed by atoms with E-state index in [1.807, 2.05) is 0 Å². The highest BCUT2D eigenvalue weighted by Crippen LogP contribution is 2.07. The van der Waals surface area contributed by atoms with Crippen LogP contribution in [-0.4, -0.2) is 27.1 Å². The first-order chi connectivity index (χ1) is 3.62. The molecule has 2 nitrogen and oxygen atoms in total. The molecule has 0 saturated carbocycles. The van der Waals surface area contributed by atoms with Gasteiger partial charge in [-0.3, -0.25) is 0 Å². The van der Waals surface area contributed by atoms with Crippen molar-refractivity contribution in [2.45, 2.75) is 19.1 Å². The van der Waals surface area contributed by atoms with Crippen LogP contribution in [0.2, 0.25) is 19.1 Å². The van der Waals surface area contributed by atoms with E-state index in [4.69, 9.17) is 9.53 Å². The van der Waals surface area contributed by atoms with E-state index in [1.54, 1.807) is 7.11 Å². The number of rotatable bonds is 3. The molecule has 0 atom stereocenters. The minimum atomic E-state index is -1.43. The smallest absolute Gasteiger partial charge is 0.188 e. The zero-order chi connectivity index (χ0) is 6.62. The fourth-order valence-electron chi connectivity index (χ4n) is 0.371. The van der Waals surface area contributed by atoms with Crippen molar-refractivity contribution in [2.24, 2.45) is 0 Å². The summed E-state index contributed by atoms with van der Waals surface area (Å²) in [6.07, 6.45) is 0. The minimum Gasteiger partial charge on any atom is -0.420 e. The zero-order valence-corrected chi connectivity index (χ0v) is 6.77. The van der Waals surface area contributed by atoms with Crippen LogP contribution in [0.1, 0.15) is 0 Å². The Hall–Kier alpha value is 0.137. The van der Waals surface area contributed by atoms with E-state index in [0.717, 1.165) is 6.04 Å². The van der Waals surface area contributed by atoms with E-state index < -0.39 is 8.32 Å². The van der Waals surface area contributed by atoms with Crippen LogP contribution in [0.25, 0.3) is 0 Å². The van der Waals surface area contributed by atoms with Crippen molar-refractivity contribution < 1.29 is 9.53 Å². The molecule has 0 heterocycles. The Morgan fingerprint density at radius 1 is 1.50 bits per heavy atom. The van der Waals surface area contributed by atoms with E-state index in [-0.39, 0.29) is 6.61 Å². The van der Waals surface area contributed by atoms with Crippen LogP contribution in [0.5, 0.6) is 0 Å². The van der Waals surface area contributed by atoms with Gasteiger partial charge in [0.2, 0.25) is 0 Å². The molecule has 0 aromatic rings. The first-order valence-electron chi connectivity index (χ1n) is 2.78. The molecule has 0 saturated heterocycles. The molecule has 0 rings (SSSR count). The predicted octanol–water partition coefficient (Wildman–Crippen LogP) is 0.830. The zero-order valence-electron chi connectivity index (χ0n) is 5.77. The van der Waals surface area contributed by atoms with Crippen LogP contribution in [0, 0.1) is 0 Å². The van der Waals surface area contributed by atoms with E-state index in [9.17, 15) is 0 Å². The Morgan fingerprint density at radius 2 is 2.00 bits per heavy atom. The molecule has 0 spiro atoms. The van der Waals surface area contributed by atoms with Crippen LogP contribution in [0.3, 0.4) is 0 Å². The summed E-state index contributed by atoms with van der Waals surface area (Å²) in [5.41, 5.74) is 0. The molecule has 0 radical (unpaired) electrons. The summed E-state index contributed by atoms with van der Waals surface area (Å²) in [5, 5.41) is 8.49. The highest BCUT2D eigenvalue weighted by molar-refractivity contribution is 6.71. The van der Waals surface area contributed by atoms with Crippen LogP contribution >= 0.6 is 0 Å². The van der Waals surface area contributed by atoms with Gasteiger partial charge in [-0.25, -0.2) is 0 Å². The summed E-state index contributed by atoms with van der Waals surface area (Å²) >= 11 is 0. The molecule has 3 heteroatoms. The lowest BCUT2D eigenvalue weighted by Gasteiger charge is -2.17. The van der Waals surface area contributed by atoms with Gasteiger partial charge in [0.15, 0.2) is 8.32 Å². The first-order valence-corrected chi connectivity index (χ1v) is 5.90. The van der Waals surface area contributed by atoms with Crippen LogP contribution in [-0.2, 0) is 4.43 Å². The molecule has 1 N–H and O–H groups in total. The Balaban J connectivity index is 3.37. The molecule has 0 aliphatic heterocycles. The number of hydrogen-bond donors (Lipinski definition) is 1. The van der Waals surface area contributed by atoms with Crippen molar-refractivity contribution in [1.82, 2.24) is 0 Å². The lowest BCUT2D eigenvalue weighted by Crippen LogP contribution is -2.29.